The van der Waals surface area contributed by atoms with E-state index in [0.717, 1.165) is 42.1 Å². The number of aryl methyl sites for hydroxylation is 1. The third kappa shape index (κ3) is 3.50. The van der Waals surface area contributed by atoms with Crippen LogP contribution >= 0.6 is 11.6 Å². The summed E-state index contributed by atoms with van der Waals surface area (Å²) < 4.78 is 7.59. The Bertz CT molecular complexity index is 594. The van der Waals surface area contributed by atoms with E-state index in [0.29, 0.717) is 11.9 Å². The van der Waals surface area contributed by atoms with Gasteiger partial charge in [-0.25, -0.2) is 4.98 Å². The van der Waals surface area contributed by atoms with Crippen molar-refractivity contribution in [3.8, 4) is 5.75 Å². The molecule has 116 valence electrons. The lowest BCUT2D eigenvalue weighted by atomic mass is 10.2. The monoisotopic (exact) mass is 309 g/mol. The lowest BCUT2D eigenvalue weighted by Crippen LogP contribution is -2.28. The number of benzene rings is 1. The first-order valence-electron chi connectivity index (χ1n) is 7.36. The first-order valence-corrected chi connectivity index (χ1v) is 7.90. The summed E-state index contributed by atoms with van der Waals surface area (Å²) in [6.07, 6.45) is 1.07. The first-order chi connectivity index (χ1) is 10.1. The molecule has 2 rings (SSSR count). The third-order valence-corrected chi connectivity index (χ3v) is 4.17. The van der Waals surface area contributed by atoms with E-state index in [4.69, 9.17) is 16.3 Å². The number of para-hydroxylation sites is 1. The maximum absolute atomic E-state index is 6.06. The summed E-state index contributed by atoms with van der Waals surface area (Å²) in [5, 5.41) is 0. The molecule has 0 N–H and O–H groups in total. The zero-order valence-corrected chi connectivity index (χ0v) is 14.0. The maximum Gasteiger partial charge on any atom is 0.146 e. The van der Waals surface area contributed by atoms with Gasteiger partial charge in [-0.1, -0.05) is 6.07 Å². The normalized spacial score (nSPS) is 11.8. The Labute approximate surface area is 131 Å². The summed E-state index contributed by atoms with van der Waals surface area (Å²) >= 11 is 6.06. The molecule has 1 aromatic heterocycles. The van der Waals surface area contributed by atoms with Crippen LogP contribution < -0.4 is 4.74 Å². The number of hydrogen-bond donors (Lipinski definition) is 0. The van der Waals surface area contributed by atoms with Gasteiger partial charge in [0.15, 0.2) is 0 Å². The van der Waals surface area contributed by atoms with Crippen LogP contribution in [0.4, 0.5) is 0 Å². The highest BCUT2D eigenvalue weighted by Gasteiger charge is 2.13. The van der Waals surface area contributed by atoms with E-state index in [2.05, 4.69) is 41.4 Å². The lowest BCUT2D eigenvalue weighted by molar-refractivity contribution is 0.265. The molecule has 1 heterocycles. The Morgan fingerprint density at radius 3 is 2.76 bits per heavy atom. The SMILES string of the molecule is COc1cccc2c1nc(CCl)n2CCCN(C)C(C)C. The molecule has 0 aliphatic heterocycles. The predicted molar refractivity (Wildman–Crippen MR) is 88.2 cm³/mol. The van der Waals surface area contributed by atoms with Crippen molar-refractivity contribution in [1.29, 1.82) is 0 Å². The van der Waals surface area contributed by atoms with Crippen LogP contribution in [0, 0.1) is 0 Å². The first kappa shape index (κ1) is 16.1. The number of ether oxygens (including phenoxy) is 1. The number of methoxy groups -OCH3 is 1. The van der Waals surface area contributed by atoms with Gasteiger partial charge in [-0.05, 0) is 46.0 Å². The Morgan fingerprint density at radius 2 is 2.14 bits per heavy atom. The van der Waals surface area contributed by atoms with Crippen LogP contribution in [0.3, 0.4) is 0 Å². The van der Waals surface area contributed by atoms with Gasteiger partial charge in [0.25, 0.3) is 0 Å². The molecule has 5 heteroatoms. The largest absolute Gasteiger partial charge is 0.494 e. The molecular formula is C16H24ClN3O. The molecule has 0 fully saturated rings. The summed E-state index contributed by atoms with van der Waals surface area (Å²) in [5.41, 5.74) is 1.99. The quantitative estimate of drug-likeness (QED) is 0.733. The Balaban J connectivity index is 2.22. The molecule has 0 radical (unpaired) electrons. The minimum atomic E-state index is 0.415. The van der Waals surface area contributed by atoms with Crippen molar-refractivity contribution >= 4 is 22.6 Å². The van der Waals surface area contributed by atoms with Crippen LogP contribution in [-0.4, -0.2) is 41.2 Å². The molecule has 0 atom stereocenters. The summed E-state index contributed by atoms with van der Waals surface area (Å²) in [4.78, 5) is 6.97. The second-order valence-corrected chi connectivity index (χ2v) is 5.84. The smallest absolute Gasteiger partial charge is 0.146 e. The van der Waals surface area contributed by atoms with Crippen LogP contribution in [-0.2, 0) is 12.4 Å². The molecule has 1 aromatic carbocycles. The Kier molecular flexibility index (Phi) is 5.48. The lowest BCUT2D eigenvalue weighted by Gasteiger charge is -2.21. The summed E-state index contributed by atoms with van der Waals surface area (Å²) in [6, 6.07) is 6.58. The highest BCUT2D eigenvalue weighted by molar-refractivity contribution is 6.16. The fourth-order valence-electron chi connectivity index (χ4n) is 2.42. The molecular weight excluding hydrogens is 286 g/mol. The van der Waals surface area contributed by atoms with Gasteiger partial charge >= 0.3 is 0 Å². The standard InChI is InChI=1S/C16H24ClN3O/c1-12(2)19(3)9-6-10-20-13-7-5-8-14(21-4)16(13)18-15(20)11-17/h5,7-8,12H,6,9-11H2,1-4H3. The molecule has 0 unspecified atom stereocenters. The fraction of sp³-hybridized carbons (Fsp3) is 0.562. The molecule has 0 spiro atoms. The van der Waals surface area contributed by atoms with Crippen LogP contribution in [0.1, 0.15) is 26.1 Å². The van der Waals surface area contributed by atoms with Crippen LogP contribution in [0.2, 0.25) is 0 Å². The summed E-state index contributed by atoms with van der Waals surface area (Å²) in [5.74, 6) is 2.12. The van der Waals surface area contributed by atoms with Crippen molar-refractivity contribution in [1.82, 2.24) is 14.5 Å². The van der Waals surface area contributed by atoms with Gasteiger partial charge < -0.3 is 14.2 Å². The number of aromatic nitrogens is 2. The van der Waals surface area contributed by atoms with Gasteiger partial charge in [0.1, 0.15) is 17.1 Å². The second-order valence-electron chi connectivity index (χ2n) is 5.57. The van der Waals surface area contributed by atoms with Crippen molar-refractivity contribution in [2.24, 2.45) is 0 Å². The zero-order chi connectivity index (χ0) is 15.4. The number of alkyl halides is 1. The average Bonchev–Trinajstić information content (AvgIpc) is 2.85. The van der Waals surface area contributed by atoms with Gasteiger partial charge in [0.05, 0.1) is 18.5 Å². The summed E-state index contributed by atoms with van der Waals surface area (Å²) in [6.45, 7) is 6.40. The van der Waals surface area contributed by atoms with Crippen LogP contribution in [0.25, 0.3) is 11.0 Å². The molecule has 0 saturated carbocycles. The van der Waals surface area contributed by atoms with E-state index in [9.17, 15) is 0 Å². The highest BCUT2D eigenvalue weighted by Crippen LogP contribution is 2.26. The van der Waals surface area contributed by atoms with Crippen molar-refractivity contribution in [2.75, 3.05) is 20.7 Å². The van der Waals surface area contributed by atoms with E-state index in [1.54, 1.807) is 7.11 Å². The van der Waals surface area contributed by atoms with Crippen molar-refractivity contribution in [2.45, 2.75) is 38.7 Å². The van der Waals surface area contributed by atoms with Gasteiger partial charge in [-0.15, -0.1) is 11.6 Å². The fourth-order valence-corrected chi connectivity index (χ4v) is 2.63. The minimum absolute atomic E-state index is 0.415. The van der Waals surface area contributed by atoms with Gasteiger partial charge in [-0.2, -0.15) is 0 Å². The molecule has 0 saturated heterocycles. The molecule has 0 aliphatic rings. The number of fused-ring (bicyclic) bond motifs is 1. The zero-order valence-electron chi connectivity index (χ0n) is 13.3. The number of rotatable bonds is 7. The molecule has 2 aromatic rings. The van der Waals surface area contributed by atoms with Gasteiger partial charge in [-0.3, -0.25) is 0 Å². The topological polar surface area (TPSA) is 30.3 Å². The van der Waals surface area contributed by atoms with E-state index in [1.165, 1.54) is 0 Å². The third-order valence-electron chi connectivity index (χ3n) is 3.93. The average molecular weight is 310 g/mol. The van der Waals surface area contributed by atoms with Crippen molar-refractivity contribution < 1.29 is 4.74 Å². The number of imidazole rings is 1. The van der Waals surface area contributed by atoms with Gasteiger partial charge in [0, 0.05) is 12.6 Å². The number of hydrogen-bond acceptors (Lipinski definition) is 3. The van der Waals surface area contributed by atoms with E-state index in [1.807, 2.05) is 12.1 Å². The minimum Gasteiger partial charge on any atom is -0.494 e. The summed E-state index contributed by atoms with van der Waals surface area (Å²) in [7, 11) is 3.83. The number of halogens is 1. The van der Waals surface area contributed by atoms with E-state index < -0.39 is 0 Å². The van der Waals surface area contributed by atoms with Crippen LogP contribution in [0.15, 0.2) is 18.2 Å². The molecule has 21 heavy (non-hydrogen) atoms. The van der Waals surface area contributed by atoms with Crippen molar-refractivity contribution in [3.05, 3.63) is 24.0 Å². The van der Waals surface area contributed by atoms with E-state index >= 15 is 0 Å². The molecule has 0 aliphatic carbocycles. The maximum atomic E-state index is 6.06. The number of nitrogens with zero attached hydrogens (tertiary/aromatic N) is 3. The van der Waals surface area contributed by atoms with Crippen LogP contribution in [0.5, 0.6) is 5.75 Å². The van der Waals surface area contributed by atoms with Crippen molar-refractivity contribution in [3.63, 3.8) is 0 Å². The Morgan fingerprint density at radius 1 is 1.38 bits per heavy atom. The van der Waals surface area contributed by atoms with E-state index in [-0.39, 0.29) is 0 Å². The second kappa shape index (κ2) is 7.14. The molecule has 4 nitrogen and oxygen atoms in total. The predicted octanol–water partition coefficient (Wildman–Crippen LogP) is 3.51. The molecule has 0 amide bonds. The Hall–Kier alpha value is -1.26. The highest BCUT2D eigenvalue weighted by atomic mass is 35.5. The molecule has 0 bridgehead atoms. The van der Waals surface area contributed by atoms with Gasteiger partial charge in [0.2, 0.25) is 0 Å².